The van der Waals surface area contributed by atoms with E-state index in [1.54, 1.807) is 31.0 Å². The van der Waals surface area contributed by atoms with Gasteiger partial charge in [-0.2, -0.15) is 0 Å². The van der Waals surface area contributed by atoms with E-state index in [9.17, 15) is 0 Å². The SMILES string of the molecule is CCCCC[SiH]1CCC(C2CCC(CCCCc3ccc(/C(Cl)=C\Cl)cc3)CC2)CC1. The fraction of sp³-hybridized carbons (Fsp3) is 0.714. The first-order valence-corrected chi connectivity index (χ1v) is 16.5. The van der Waals surface area contributed by atoms with Crippen molar-refractivity contribution in [1.82, 2.24) is 0 Å². The van der Waals surface area contributed by atoms with Crippen LogP contribution < -0.4 is 0 Å². The van der Waals surface area contributed by atoms with Crippen LogP contribution >= 0.6 is 23.2 Å². The van der Waals surface area contributed by atoms with Gasteiger partial charge in [0.2, 0.25) is 0 Å². The summed E-state index contributed by atoms with van der Waals surface area (Å²) in [4.78, 5) is 0. The zero-order valence-corrected chi connectivity index (χ0v) is 22.4. The highest BCUT2D eigenvalue weighted by Gasteiger charge is 2.30. The summed E-state index contributed by atoms with van der Waals surface area (Å²) < 4.78 is 0. The van der Waals surface area contributed by atoms with Crippen molar-refractivity contribution in [2.24, 2.45) is 17.8 Å². The highest BCUT2D eigenvalue weighted by Crippen LogP contribution is 2.42. The minimum absolute atomic E-state index is 0.333. The van der Waals surface area contributed by atoms with E-state index in [-0.39, 0.29) is 8.80 Å². The van der Waals surface area contributed by atoms with E-state index < -0.39 is 0 Å². The van der Waals surface area contributed by atoms with Gasteiger partial charge in [-0.1, -0.05) is 130 Å². The molecule has 174 valence electrons. The van der Waals surface area contributed by atoms with Crippen molar-refractivity contribution in [1.29, 1.82) is 0 Å². The number of rotatable bonds is 11. The molecule has 3 heteroatoms. The van der Waals surface area contributed by atoms with Gasteiger partial charge in [0.25, 0.3) is 0 Å². The monoisotopic (exact) mass is 478 g/mol. The Kier molecular flexibility index (Phi) is 11.6. The average Bonchev–Trinajstić information content (AvgIpc) is 2.83. The third-order valence-corrected chi connectivity index (χ3v) is 12.5. The van der Waals surface area contributed by atoms with Crippen molar-refractivity contribution in [3.63, 3.8) is 0 Å². The zero-order chi connectivity index (χ0) is 21.9. The molecule has 0 N–H and O–H groups in total. The van der Waals surface area contributed by atoms with Crippen molar-refractivity contribution in [3.05, 3.63) is 40.9 Å². The first-order valence-electron chi connectivity index (χ1n) is 13.2. The van der Waals surface area contributed by atoms with Crippen LogP contribution in [0.4, 0.5) is 0 Å². The predicted octanol–water partition coefficient (Wildman–Crippen LogP) is 9.81. The molecule has 0 bridgehead atoms. The van der Waals surface area contributed by atoms with Gasteiger partial charge < -0.3 is 0 Å². The molecule has 1 aliphatic heterocycles. The molecule has 2 fully saturated rings. The van der Waals surface area contributed by atoms with Crippen molar-refractivity contribution >= 4 is 37.0 Å². The number of hydrogen-bond donors (Lipinski definition) is 0. The second-order valence-electron chi connectivity index (χ2n) is 10.5. The molecule has 0 atom stereocenters. The Morgan fingerprint density at radius 3 is 2.23 bits per heavy atom. The van der Waals surface area contributed by atoms with E-state index in [1.807, 2.05) is 0 Å². The molecule has 1 aliphatic carbocycles. The Morgan fingerprint density at radius 2 is 1.58 bits per heavy atom. The minimum atomic E-state index is -0.333. The molecule has 0 aromatic heterocycles. The lowest BCUT2D eigenvalue weighted by molar-refractivity contribution is 0.184. The Morgan fingerprint density at radius 1 is 0.903 bits per heavy atom. The summed E-state index contributed by atoms with van der Waals surface area (Å²) >= 11 is 11.8. The van der Waals surface area contributed by atoms with Crippen LogP contribution in [-0.2, 0) is 6.42 Å². The van der Waals surface area contributed by atoms with Crippen LogP contribution in [0.2, 0.25) is 18.1 Å². The van der Waals surface area contributed by atoms with Gasteiger partial charge >= 0.3 is 0 Å². The normalized spacial score (nSPS) is 27.4. The molecule has 1 heterocycles. The number of halogens is 2. The maximum atomic E-state index is 6.08. The van der Waals surface area contributed by atoms with Gasteiger partial charge in [0.15, 0.2) is 0 Å². The van der Waals surface area contributed by atoms with Crippen LogP contribution in [0.25, 0.3) is 5.03 Å². The first kappa shape index (κ1) is 25.4. The summed E-state index contributed by atoms with van der Waals surface area (Å²) in [6.07, 6.45) is 19.0. The third kappa shape index (κ3) is 8.56. The lowest BCUT2D eigenvalue weighted by Crippen LogP contribution is -2.28. The first-order chi connectivity index (χ1) is 15.2. The third-order valence-electron chi connectivity index (χ3n) is 8.32. The fourth-order valence-corrected chi connectivity index (χ4v) is 10.0. The second kappa shape index (κ2) is 14.1. The van der Waals surface area contributed by atoms with Crippen molar-refractivity contribution < 1.29 is 0 Å². The fourth-order valence-electron chi connectivity index (χ4n) is 6.24. The molecule has 1 aromatic rings. The van der Waals surface area contributed by atoms with Gasteiger partial charge in [-0.3, -0.25) is 0 Å². The molecule has 0 radical (unpaired) electrons. The molecule has 31 heavy (non-hydrogen) atoms. The topological polar surface area (TPSA) is 0 Å². The maximum Gasteiger partial charge on any atom is 0.0591 e. The van der Waals surface area contributed by atoms with Crippen molar-refractivity contribution in [2.45, 2.75) is 109 Å². The molecule has 2 aliphatic rings. The summed E-state index contributed by atoms with van der Waals surface area (Å²) in [5, 5.41) is 0.617. The van der Waals surface area contributed by atoms with Gasteiger partial charge in [0.05, 0.1) is 5.03 Å². The van der Waals surface area contributed by atoms with E-state index in [2.05, 4.69) is 31.2 Å². The van der Waals surface area contributed by atoms with E-state index in [0.29, 0.717) is 5.03 Å². The lowest BCUT2D eigenvalue weighted by atomic mass is 9.73. The molecule has 3 rings (SSSR count). The number of benzene rings is 1. The van der Waals surface area contributed by atoms with Crippen LogP contribution in [0, 0.1) is 17.8 Å². The quantitative estimate of drug-likeness (QED) is 0.219. The Hall–Kier alpha value is -0.243. The van der Waals surface area contributed by atoms with E-state index in [0.717, 1.165) is 23.3 Å². The van der Waals surface area contributed by atoms with E-state index in [1.165, 1.54) is 81.7 Å². The van der Waals surface area contributed by atoms with Crippen LogP contribution in [0.3, 0.4) is 0 Å². The Labute approximate surface area is 203 Å². The lowest BCUT2D eigenvalue weighted by Gasteiger charge is -2.37. The second-order valence-corrected chi connectivity index (χ2v) is 14.5. The molecule has 1 saturated carbocycles. The van der Waals surface area contributed by atoms with Crippen molar-refractivity contribution in [3.8, 4) is 0 Å². The van der Waals surface area contributed by atoms with Gasteiger partial charge in [0.1, 0.15) is 0 Å². The van der Waals surface area contributed by atoms with Crippen LogP contribution in [0.1, 0.15) is 95.1 Å². The van der Waals surface area contributed by atoms with Gasteiger partial charge in [-0.25, -0.2) is 0 Å². The highest BCUT2D eigenvalue weighted by molar-refractivity contribution is 6.59. The Balaban J connectivity index is 1.26. The zero-order valence-electron chi connectivity index (χ0n) is 19.8. The number of aryl methyl sites for hydroxylation is 1. The summed E-state index contributed by atoms with van der Waals surface area (Å²) in [6.45, 7) is 2.34. The Bertz CT molecular complexity index is 637. The largest absolute Gasteiger partial charge is 0.0913 e. The summed E-state index contributed by atoms with van der Waals surface area (Å²) in [5.74, 6) is 3.18. The smallest absolute Gasteiger partial charge is 0.0591 e. The van der Waals surface area contributed by atoms with Crippen molar-refractivity contribution in [2.75, 3.05) is 0 Å². The molecule has 0 spiro atoms. The maximum absolute atomic E-state index is 6.08. The molecular formula is C28H44Cl2Si. The van der Waals surface area contributed by atoms with Gasteiger partial charge in [-0.05, 0) is 54.6 Å². The summed E-state index contributed by atoms with van der Waals surface area (Å²) in [7, 11) is -0.333. The molecule has 0 nitrogen and oxygen atoms in total. The van der Waals surface area contributed by atoms with E-state index in [4.69, 9.17) is 23.2 Å². The molecule has 0 amide bonds. The molecular weight excluding hydrogens is 435 g/mol. The molecule has 1 saturated heterocycles. The summed E-state index contributed by atoms with van der Waals surface area (Å²) in [6, 6.07) is 13.6. The van der Waals surface area contributed by atoms with Crippen LogP contribution in [0.15, 0.2) is 29.8 Å². The van der Waals surface area contributed by atoms with Crippen LogP contribution in [0.5, 0.6) is 0 Å². The molecule has 1 aromatic carbocycles. The van der Waals surface area contributed by atoms with Gasteiger partial charge in [-0.15, -0.1) is 0 Å². The minimum Gasteiger partial charge on any atom is -0.0913 e. The average molecular weight is 480 g/mol. The number of hydrogen-bond acceptors (Lipinski definition) is 0. The highest BCUT2D eigenvalue weighted by atomic mass is 35.5. The van der Waals surface area contributed by atoms with Crippen LogP contribution in [-0.4, -0.2) is 8.80 Å². The summed E-state index contributed by atoms with van der Waals surface area (Å²) in [5.41, 5.74) is 3.86. The standard InChI is InChI=1S/C28H44Cl2Si/c1-2-3-6-19-31-20-17-26(18-21-31)25-13-9-23(10-14-25)7-4-5-8-24-11-15-27(16-12-24)28(30)22-29/h11-12,15-16,22-23,25-26,31H,2-10,13-14,17-21H2,1H3/b28-22+. The predicted molar refractivity (Wildman–Crippen MR) is 143 cm³/mol. The van der Waals surface area contributed by atoms with Gasteiger partial charge in [0, 0.05) is 14.3 Å². The number of unbranched alkanes of at least 4 members (excludes halogenated alkanes) is 3. The van der Waals surface area contributed by atoms with E-state index >= 15 is 0 Å². The molecule has 0 unspecified atom stereocenters.